The molecule has 36 heavy (non-hydrogen) atoms. The Bertz CT molecular complexity index is 1190. The number of aliphatic hydroxyl groups is 1. The number of nitrogens with zero attached hydrogens (tertiary/aromatic N) is 2. The fraction of sp³-hybridized carbons (Fsp3) is 0.481. The fourth-order valence-electron chi connectivity index (χ4n) is 5.68. The third-order valence-corrected chi connectivity index (χ3v) is 7.41. The Balaban J connectivity index is 1.48. The number of alkyl halides is 2. The number of hydrogen-bond acceptors (Lipinski definition) is 4. The molecule has 5 nitrogen and oxygen atoms in total. The van der Waals surface area contributed by atoms with Crippen LogP contribution in [0.15, 0.2) is 36.4 Å². The summed E-state index contributed by atoms with van der Waals surface area (Å²) in [6.45, 7) is 2.80. The van der Waals surface area contributed by atoms with Gasteiger partial charge in [-0.1, -0.05) is 18.2 Å². The Kier molecular flexibility index (Phi) is 7.23. The quantitative estimate of drug-likeness (QED) is 0.374. The molecule has 1 saturated heterocycles. The van der Waals surface area contributed by atoms with E-state index in [1.807, 2.05) is 31.2 Å². The van der Waals surface area contributed by atoms with Crippen LogP contribution in [0.4, 0.5) is 23.2 Å². The summed E-state index contributed by atoms with van der Waals surface area (Å²) < 4.78 is 58.1. The maximum atomic E-state index is 15.7. The van der Waals surface area contributed by atoms with Gasteiger partial charge < -0.3 is 15.4 Å². The lowest BCUT2D eigenvalue weighted by Crippen LogP contribution is -2.54. The number of H-pyrrole nitrogens is 1. The summed E-state index contributed by atoms with van der Waals surface area (Å²) >= 11 is 0. The molecular weight excluding hydrogens is 472 g/mol. The molecule has 3 unspecified atom stereocenters. The highest BCUT2D eigenvalue weighted by molar-refractivity contribution is 5.85. The molecule has 2 aliphatic heterocycles. The lowest BCUT2D eigenvalue weighted by molar-refractivity contribution is 0.0750. The maximum absolute atomic E-state index is 15.7. The highest BCUT2D eigenvalue weighted by Gasteiger charge is 2.39. The topological polar surface area (TPSA) is 54.5 Å². The van der Waals surface area contributed by atoms with Gasteiger partial charge in [0.15, 0.2) is 0 Å². The zero-order chi connectivity index (χ0) is 25.4. The molecule has 3 heterocycles. The SMILES string of the molecule is CC1Cc2c([nH]c3ccccc23)C(c2c(F)cc(NC3CN(CCCF)C3)cc2F)N1CC(F)CO. The van der Waals surface area contributed by atoms with Crippen LogP contribution in [-0.2, 0) is 6.42 Å². The average molecular weight is 505 g/mol. The number of anilines is 1. The molecule has 0 bridgehead atoms. The van der Waals surface area contributed by atoms with Crippen molar-refractivity contribution in [1.29, 1.82) is 0 Å². The Morgan fingerprint density at radius 3 is 2.58 bits per heavy atom. The first-order chi connectivity index (χ1) is 17.4. The Labute approximate surface area is 208 Å². The van der Waals surface area contributed by atoms with Crippen molar-refractivity contribution in [2.45, 2.75) is 44.1 Å². The first-order valence-corrected chi connectivity index (χ1v) is 12.5. The zero-order valence-corrected chi connectivity index (χ0v) is 20.3. The van der Waals surface area contributed by atoms with E-state index in [1.165, 1.54) is 12.1 Å². The number of rotatable bonds is 9. The van der Waals surface area contributed by atoms with E-state index in [-0.39, 0.29) is 30.9 Å². The van der Waals surface area contributed by atoms with Crippen molar-refractivity contribution >= 4 is 16.6 Å². The van der Waals surface area contributed by atoms with E-state index < -0.39 is 30.5 Å². The number of likely N-dealkylation sites (tertiary alicyclic amines) is 1. The third kappa shape index (κ3) is 4.71. The van der Waals surface area contributed by atoms with Crippen molar-refractivity contribution < 1.29 is 22.7 Å². The second kappa shape index (κ2) is 10.4. The first-order valence-electron chi connectivity index (χ1n) is 12.5. The number of nitrogens with one attached hydrogen (secondary N) is 2. The second-order valence-corrected chi connectivity index (χ2v) is 9.99. The van der Waals surface area contributed by atoms with Gasteiger partial charge in [0.05, 0.1) is 25.4 Å². The Morgan fingerprint density at radius 1 is 1.17 bits per heavy atom. The third-order valence-electron chi connectivity index (χ3n) is 7.41. The molecule has 1 aromatic heterocycles. The lowest BCUT2D eigenvalue weighted by Gasteiger charge is -2.42. The second-order valence-electron chi connectivity index (χ2n) is 9.99. The highest BCUT2D eigenvalue weighted by atomic mass is 19.1. The van der Waals surface area contributed by atoms with Crippen LogP contribution in [0, 0.1) is 11.6 Å². The molecule has 0 spiro atoms. The molecule has 0 aliphatic carbocycles. The van der Waals surface area contributed by atoms with E-state index >= 15 is 8.78 Å². The molecule has 1 fully saturated rings. The van der Waals surface area contributed by atoms with Crippen LogP contribution in [0.3, 0.4) is 0 Å². The standard InChI is InChI=1S/C27H32F4N4O/c1-16-9-21-20-5-2-3-6-24(20)33-26(21)27(35(16)12-17(29)15-36)25-22(30)10-18(11-23(25)31)32-19-13-34(14-19)8-4-7-28/h2-3,5-6,10-11,16-17,19,27,32-33,36H,4,7-9,12-15H2,1H3. The van der Waals surface area contributed by atoms with Gasteiger partial charge in [-0.05, 0) is 43.5 Å². The number of hydrogen-bond donors (Lipinski definition) is 3. The minimum Gasteiger partial charge on any atom is -0.393 e. The molecule has 194 valence electrons. The average Bonchev–Trinajstić information content (AvgIpc) is 3.19. The molecule has 9 heteroatoms. The van der Waals surface area contributed by atoms with E-state index in [9.17, 15) is 13.9 Å². The summed E-state index contributed by atoms with van der Waals surface area (Å²) in [7, 11) is 0. The molecule has 3 N–H and O–H groups in total. The van der Waals surface area contributed by atoms with Crippen LogP contribution in [0.5, 0.6) is 0 Å². The van der Waals surface area contributed by atoms with Crippen LogP contribution in [-0.4, -0.2) is 77.6 Å². The lowest BCUT2D eigenvalue weighted by atomic mass is 9.87. The van der Waals surface area contributed by atoms with Gasteiger partial charge in [0.25, 0.3) is 0 Å². The van der Waals surface area contributed by atoms with Gasteiger partial charge in [-0.15, -0.1) is 0 Å². The van der Waals surface area contributed by atoms with Gasteiger partial charge in [0, 0.05) is 60.1 Å². The smallest absolute Gasteiger partial charge is 0.136 e. The predicted octanol–water partition coefficient (Wildman–Crippen LogP) is 4.57. The van der Waals surface area contributed by atoms with Crippen molar-refractivity contribution in [1.82, 2.24) is 14.8 Å². The molecule has 3 aromatic rings. The van der Waals surface area contributed by atoms with Crippen molar-refractivity contribution in [2.24, 2.45) is 0 Å². The van der Waals surface area contributed by atoms with Gasteiger partial charge in [-0.25, -0.2) is 13.2 Å². The molecule has 0 amide bonds. The number of fused-ring (bicyclic) bond motifs is 3. The normalized spacial score (nSPS) is 21.9. The van der Waals surface area contributed by atoms with Crippen LogP contribution >= 0.6 is 0 Å². The number of benzene rings is 2. The van der Waals surface area contributed by atoms with E-state index in [0.717, 1.165) is 16.5 Å². The number of aromatic amines is 1. The highest BCUT2D eigenvalue weighted by Crippen LogP contribution is 2.43. The van der Waals surface area contributed by atoms with Crippen molar-refractivity contribution in [3.63, 3.8) is 0 Å². The van der Waals surface area contributed by atoms with Gasteiger partial charge in [-0.3, -0.25) is 14.2 Å². The number of para-hydroxylation sites is 1. The summed E-state index contributed by atoms with van der Waals surface area (Å²) in [6.07, 6.45) is -0.462. The predicted molar refractivity (Wildman–Crippen MR) is 133 cm³/mol. The van der Waals surface area contributed by atoms with Crippen LogP contribution in [0.25, 0.3) is 10.9 Å². The molecule has 2 aliphatic rings. The van der Waals surface area contributed by atoms with Crippen molar-refractivity contribution in [3.05, 3.63) is 64.9 Å². The van der Waals surface area contributed by atoms with Gasteiger partial charge in [0.1, 0.15) is 17.8 Å². The summed E-state index contributed by atoms with van der Waals surface area (Å²) in [4.78, 5) is 7.17. The summed E-state index contributed by atoms with van der Waals surface area (Å²) in [5.74, 6) is -1.42. The zero-order valence-electron chi connectivity index (χ0n) is 20.3. The first kappa shape index (κ1) is 25.0. The van der Waals surface area contributed by atoms with Crippen LogP contribution in [0.1, 0.15) is 36.2 Å². The summed E-state index contributed by atoms with van der Waals surface area (Å²) in [6, 6.07) is 9.27. The number of aromatic nitrogens is 1. The van der Waals surface area contributed by atoms with Gasteiger partial charge in [0.2, 0.25) is 0 Å². The van der Waals surface area contributed by atoms with Gasteiger partial charge in [-0.2, -0.15) is 0 Å². The van der Waals surface area contributed by atoms with Crippen LogP contribution < -0.4 is 5.32 Å². The molecule has 3 atom stereocenters. The summed E-state index contributed by atoms with van der Waals surface area (Å²) in [5, 5.41) is 13.5. The number of halogens is 4. The molecule has 5 rings (SSSR count). The maximum Gasteiger partial charge on any atom is 0.136 e. The van der Waals surface area contributed by atoms with Crippen LogP contribution in [0.2, 0.25) is 0 Å². The number of aliphatic hydroxyl groups excluding tert-OH is 1. The minimum absolute atomic E-state index is 0.0395. The van der Waals surface area contributed by atoms with E-state index in [1.54, 1.807) is 4.90 Å². The summed E-state index contributed by atoms with van der Waals surface area (Å²) in [5.41, 5.74) is 2.70. The van der Waals surface area contributed by atoms with Crippen molar-refractivity contribution in [3.8, 4) is 0 Å². The fourth-order valence-corrected chi connectivity index (χ4v) is 5.68. The molecular formula is C27H32F4N4O. The van der Waals surface area contributed by atoms with E-state index in [4.69, 9.17) is 0 Å². The molecule has 0 radical (unpaired) electrons. The Hall–Kier alpha value is -2.62. The van der Waals surface area contributed by atoms with E-state index in [2.05, 4.69) is 15.2 Å². The van der Waals surface area contributed by atoms with E-state index in [0.29, 0.717) is 43.9 Å². The minimum atomic E-state index is -1.54. The van der Waals surface area contributed by atoms with Crippen molar-refractivity contribution in [2.75, 3.05) is 44.8 Å². The molecule has 0 saturated carbocycles. The Morgan fingerprint density at radius 2 is 1.89 bits per heavy atom. The monoisotopic (exact) mass is 504 g/mol. The van der Waals surface area contributed by atoms with Gasteiger partial charge >= 0.3 is 0 Å². The largest absolute Gasteiger partial charge is 0.393 e. The molecule has 2 aromatic carbocycles.